The highest BCUT2D eigenvalue weighted by Gasteiger charge is 2.14. The van der Waals surface area contributed by atoms with Gasteiger partial charge < -0.3 is 20.3 Å². The fraction of sp³-hybridized carbons (Fsp3) is 0.938. The first kappa shape index (κ1) is 21.9. The van der Waals surface area contributed by atoms with Crippen molar-refractivity contribution in [2.45, 2.75) is 39.5 Å². The molecule has 0 aromatic carbocycles. The van der Waals surface area contributed by atoms with Gasteiger partial charge in [0.1, 0.15) is 0 Å². The third-order valence-corrected chi connectivity index (χ3v) is 4.04. The average Bonchev–Trinajstić information content (AvgIpc) is 2.51. The first-order chi connectivity index (χ1) is 10.3. The van der Waals surface area contributed by atoms with E-state index in [4.69, 9.17) is 4.74 Å². The van der Waals surface area contributed by atoms with Crippen LogP contribution in [-0.4, -0.2) is 63.8 Å². The third-order valence-electron chi connectivity index (χ3n) is 4.04. The molecule has 1 aliphatic heterocycles. The summed E-state index contributed by atoms with van der Waals surface area (Å²) in [5.74, 6) is 1.80. The van der Waals surface area contributed by atoms with Crippen molar-refractivity contribution in [3.8, 4) is 0 Å². The lowest BCUT2D eigenvalue weighted by Gasteiger charge is -2.30. The van der Waals surface area contributed by atoms with Gasteiger partial charge in [-0.1, -0.05) is 6.92 Å². The molecule has 0 bridgehead atoms. The van der Waals surface area contributed by atoms with E-state index in [9.17, 15) is 0 Å². The van der Waals surface area contributed by atoms with Gasteiger partial charge in [0, 0.05) is 26.7 Å². The monoisotopic (exact) mass is 426 g/mol. The molecule has 0 spiro atoms. The van der Waals surface area contributed by atoms with E-state index in [2.05, 4.69) is 27.4 Å². The van der Waals surface area contributed by atoms with Gasteiger partial charge in [-0.2, -0.15) is 0 Å². The van der Waals surface area contributed by atoms with Crippen LogP contribution in [0.1, 0.15) is 39.5 Å². The maximum atomic E-state index is 5.30. The quantitative estimate of drug-likeness (QED) is 0.257. The van der Waals surface area contributed by atoms with Gasteiger partial charge in [-0.3, -0.25) is 4.99 Å². The number of aliphatic imine (C=N–C) groups is 1. The molecule has 6 heteroatoms. The number of rotatable bonds is 9. The Labute approximate surface area is 153 Å². The van der Waals surface area contributed by atoms with E-state index in [0.29, 0.717) is 0 Å². The predicted octanol–water partition coefficient (Wildman–Crippen LogP) is 2.32. The molecule has 1 heterocycles. The molecule has 0 radical (unpaired) electrons. The summed E-state index contributed by atoms with van der Waals surface area (Å²) in [6.45, 7) is 11.5. The molecular formula is C16H35IN4O. The molecule has 0 unspecified atom stereocenters. The second-order valence-corrected chi connectivity index (χ2v) is 5.85. The summed E-state index contributed by atoms with van der Waals surface area (Å²) in [5.41, 5.74) is 0. The molecule has 2 N–H and O–H groups in total. The lowest BCUT2D eigenvalue weighted by molar-refractivity contribution is 0.152. The number of ether oxygens (including phenoxy) is 1. The number of nitrogens with one attached hydrogen (secondary N) is 2. The molecule has 1 aliphatic rings. The molecule has 1 rings (SSSR count). The zero-order valence-electron chi connectivity index (χ0n) is 14.6. The van der Waals surface area contributed by atoms with Crippen LogP contribution < -0.4 is 10.6 Å². The molecule has 1 fully saturated rings. The summed E-state index contributed by atoms with van der Waals surface area (Å²) in [5, 5.41) is 6.61. The number of nitrogens with zero attached hydrogens (tertiary/aromatic N) is 2. The number of piperidine rings is 1. The molecule has 1 saturated heterocycles. The van der Waals surface area contributed by atoms with Crippen LogP contribution in [0.2, 0.25) is 0 Å². The summed E-state index contributed by atoms with van der Waals surface area (Å²) in [7, 11) is 1.81. The van der Waals surface area contributed by atoms with Gasteiger partial charge in [-0.05, 0) is 58.2 Å². The van der Waals surface area contributed by atoms with Gasteiger partial charge in [0.25, 0.3) is 0 Å². The van der Waals surface area contributed by atoms with Crippen molar-refractivity contribution in [3.63, 3.8) is 0 Å². The van der Waals surface area contributed by atoms with Crippen molar-refractivity contribution in [2.75, 3.05) is 53.0 Å². The zero-order valence-corrected chi connectivity index (χ0v) is 16.9. The van der Waals surface area contributed by atoms with Gasteiger partial charge in [0.05, 0.1) is 6.61 Å². The van der Waals surface area contributed by atoms with Gasteiger partial charge >= 0.3 is 0 Å². The van der Waals surface area contributed by atoms with Crippen molar-refractivity contribution in [1.82, 2.24) is 15.5 Å². The number of hydrogen-bond acceptors (Lipinski definition) is 3. The Morgan fingerprint density at radius 1 is 1.18 bits per heavy atom. The highest BCUT2D eigenvalue weighted by atomic mass is 127. The number of halogens is 1. The van der Waals surface area contributed by atoms with Crippen LogP contribution in [0.3, 0.4) is 0 Å². The normalized spacial score (nSPS) is 17.1. The van der Waals surface area contributed by atoms with Crippen LogP contribution in [-0.2, 0) is 4.74 Å². The first-order valence-electron chi connectivity index (χ1n) is 8.50. The fourth-order valence-corrected chi connectivity index (χ4v) is 2.56. The zero-order chi connectivity index (χ0) is 15.3. The second-order valence-electron chi connectivity index (χ2n) is 5.85. The highest BCUT2D eigenvalue weighted by Crippen LogP contribution is 2.15. The number of guanidine groups is 1. The highest BCUT2D eigenvalue weighted by molar-refractivity contribution is 14.0. The molecule has 5 nitrogen and oxygen atoms in total. The maximum absolute atomic E-state index is 5.30. The van der Waals surface area contributed by atoms with E-state index in [-0.39, 0.29) is 24.0 Å². The van der Waals surface area contributed by atoms with E-state index < -0.39 is 0 Å². The van der Waals surface area contributed by atoms with E-state index in [0.717, 1.165) is 38.2 Å². The second kappa shape index (κ2) is 14.5. The molecule has 22 heavy (non-hydrogen) atoms. The van der Waals surface area contributed by atoms with Crippen molar-refractivity contribution in [3.05, 3.63) is 0 Å². The minimum absolute atomic E-state index is 0. The van der Waals surface area contributed by atoms with Crippen LogP contribution in [0.4, 0.5) is 0 Å². The average molecular weight is 426 g/mol. The number of hydrogen-bond donors (Lipinski definition) is 2. The Balaban J connectivity index is 0.00000441. The summed E-state index contributed by atoms with van der Waals surface area (Å²) < 4.78 is 5.30. The third kappa shape index (κ3) is 10.6. The molecule has 0 atom stereocenters. The first-order valence-corrected chi connectivity index (χ1v) is 8.50. The number of likely N-dealkylation sites (tertiary alicyclic amines) is 1. The molecule has 0 aromatic rings. The topological polar surface area (TPSA) is 48.9 Å². The van der Waals surface area contributed by atoms with Gasteiger partial charge in [-0.25, -0.2) is 0 Å². The minimum atomic E-state index is 0. The lowest BCUT2D eigenvalue weighted by atomic mass is 9.99. The van der Waals surface area contributed by atoms with Crippen molar-refractivity contribution < 1.29 is 4.74 Å². The minimum Gasteiger partial charge on any atom is -0.380 e. The van der Waals surface area contributed by atoms with Crippen molar-refractivity contribution in [1.29, 1.82) is 0 Å². The lowest BCUT2D eigenvalue weighted by Crippen LogP contribution is -2.39. The van der Waals surface area contributed by atoms with E-state index in [1.165, 1.54) is 45.3 Å². The largest absolute Gasteiger partial charge is 0.380 e. The summed E-state index contributed by atoms with van der Waals surface area (Å²) in [6.07, 6.45) is 5.19. The molecule has 0 saturated carbocycles. The molecule has 0 aromatic heterocycles. The van der Waals surface area contributed by atoms with Gasteiger partial charge in [-0.15, -0.1) is 24.0 Å². The van der Waals surface area contributed by atoms with Crippen molar-refractivity contribution in [2.24, 2.45) is 10.9 Å². The van der Waals surface area contributed by atoms with Crippen LogP contribution in [0.15, 0.2) is 4.99 Å². The maximum Gasteiger partial charge on any atom is 0.191 e. The Morgan fingerprint density at radius 3 is 2.50 bits per heavy atom. The van der Waals surface area contributed by atoms with Crippen LogP contribution in [0.25, 0.3) is 0 Å². The summed E-state index contributed by atoms with van der Waals surface area (Å²) in [4.78, 5) is 6.82. The van der Waals surface area contributed by atoms with Gasteiger partial charge in [0.2, 0.25) is 0 Å². The van der Waals surface area contributed by atoms with Crippen LogP contribution in [0.5, 0.6) is 0 Å². The standard InChI is InChI=1S/C16H34N4O.HI/c1-4-21-14-10-19-16(17-3)18-9-5-6-11-20-12-7-15(2)8-13-20;/h15H,4-14H2,1-3H3,(H2,17,18,19);1H. The smallest absolute Gasteiger partial charge is 0.191 e. The van der Waals surface area contributed by atoms with Crippen LogP contribution in [0, 0.1) is 5.92 Å². The van der Waals surface area contributed by atoms with Crippen LogP contribution >= 0.6 is 24.0 Å². The van der Waals surface area contributed by atoms with E-state index in [1.54, 1.807) is 0 Å². The summed E-state index contributed by atoms with van der Waals surface area (Å²) in [6, 6.07) is 0. The summed E-state index contributed by atoms with van der Waals surface area (Å²) >= 11 is 0. The number of unbranched alkanes of at least 4 members (excludes halogenated alkanes) is 1. The Kier molecular flexibility index (Phi) is 14.5. The van der Waals surface area contributed by atoms with Crippen molar-refractivity contribution >= 4 is 29.9 Å². The Hall–Kier alpha value is -0.0800. The van der Waals surface area contributed by atoms with Gasteiger partial charge in [0.15, 0.2) is 5.96 Å². The predicted molar refractivity (Wildman–Crippen MR) is 105 cm³/mol. The molecule has 0 aliphatic carbocycles. The Morgan fingerprint density at radius 2 is 1.86 bits per heavy atom. The SMILES string of the molecule is CCOCCNC(=NC)NCCCCN1CCC(C)CC1.I. The fourth-order valence-electron chi connectivity index (χ4n) is 2.56. The van der Waals surface area contributed by atoms with E-state index >= 15 is 0 Å². The molecule has 0 amide bonds. The molecular weight excluding hydrogens is 391 g/mol. The Bertz CT molecular complexity index is 281. The molecule has 132 valence electrons. The van der Waals surface area contributed by atoms with E-state index in [1.807, 2.05) is 14.0 Å².